The SMILES string of the molecule is COCCCNC(=O)CN1C(=O)/C(=C/c2ccccc2F)SC2CCCCC21. The zero-order valence-corrected chi connectivity index (χ0v) is 17.0. The topological polar surface area (TPSA) is 58.6 Å². The van der Waals surface area contributed by atoms with Gasteiger partial charge in [0.15, 0.2) is 0 Å². The molecular formula is C21H27FN2O3S. The zero-order valence-electron chi connectivity index (χ0n) is 16.2. The normalized spacial score (nSPS) is 23.6. The molecule has 28 heavy (non-hydrogen) atoms. The van der Waals surface area contributed by atoms with E-state index in [1.807, 2.05) is 0 Å². The Morgan fingerprint density at radius 2 is 2.14 bits per heavy atom. The van der Waals surface area contributed by atoms with Crippen molar-refractivity contribution in [3.8, 4) is 0 Å². The smallest absolute Gasteiger partial charge is 0.261 e. The van der Waals surface area contributed by atoms with Gasteiger partial charge in [0.2, 0.25) is 5.91 Å². The molecule has 1 N–H and O–H groups in total. The van der Waals surface area contributed by atoms with Crippen LogP contribution in [-0.2, 0) is 14.3 Å². The van der Waals surface area contributed by atoms with Gasteiger partial charge >= 0.3 is 0 Å². The van der Waals surface area contributed by atoms with Crippen molar-refractivity contribution in [2.24, 2.45) is 0 Å². The van der Waals surface area contributed by atoms with Gasteiger partial charge in [-0.1, -0.05) is 31.0 Å². The predicted molar refractivity (Wildman–Crippen MR) is 109 cm³/mol. The molecule has 1 saturated heterocycles. The zero-order chi connectivity index (χ0) is 19.9. The number of methoxy groups -OCH3 is 1. The number of nitrogens with zero attached hydrogens (tertiary/aromatic N) is 1. The van der Waals surface area contributed by atoms with E-state index in [-0.39, 0.29) is 35.5 Å². The van der Waals surface area contributed by atoms with Crippen molar-refractivity contribution in [3.05, 3.63) is 40.6 Å². The minimum atomic E-state index is -0.350. The average molecular weight is 407 g/mol. The average Bonchev–Trinajstić information content (AvgIpc) is 2.70. The van der Waals surface area contributed by atoms with Gasteiger partial charge in [-0.3, -0.25) is 9.59 Å². The van der Waals surface area contributed by atoms with E-state index in [9.17, 15) is 14.0 Å². The van der Waals surface area contributed by atoms with Crippen molar-refractivity contribution in [1.29, 1.82) is 0 Å². The Morgan fingerprint density at radius 1 is 1.36 bits per heavy atom. The molecular weight excluding hydrogens is 379 g/mol. The first kappa shape index (κ1) is 20.9. The third-order valence-electron chi connectivity index (χ3n) is 5.17. The number of hydrogen-bond acceptors (Lipinski definition) is 4. The first-order chi connectivity index (χ1) is 13.6. The Labute approximate surface area is 169 Å². The molecule has 2 atom stereocenters. The number of ether oxygens (including phenoxy) is 1. The molecule has 0 bridgehead atoms. The summed E-state index contributed by atoms with van der Waals surface area (Å²) in [5, 5.41) is 3.11. The Morgan fingerprint density at radius 3 is 2.93 bits per heavy atom. The lowest BCUT2D eigenvalue weighted by molar-refractivity contribution is -0.135. The summed E-state index contributed by atoms with van der Waals surface area (Å²) in [6, 6.07) is 6.50. The highest BCUT2D eigenvalue weighted by atomic mass is 32.2. The summed E-state index contributed by atoms with van der Waals surface area (Å²) in [4.78, 5) is 27.7. The summed E-state index contributed by atoms with van der Waals surface area (Å²) in [5.74, 6) is -0.689. The van der Waals surface area contributed by atoms with Crippen LogP contribution in [0.3, 0.4) is 0 Å². The molecule has 1 aliphatic carbocycles. The van der Waals surface area contributed by atoms with E-state index in [1.165, 1.54) is 17.8 Å². The van der Waals surface area contributed by atoms with Gasteiger partial charge < -0.3 is 15.0 Å². The number of carbonyl (C=O) groups is 2. The monoisotopic (exact) mass is 406 g/mol. The van der Waals surface area contributed by atoms with Gasteiger partial charge in [-0.25, -0.2) is 4.39 Å². The first-order valence-electron chi connectivity index (χ1n) is 9.79. The molecule has 152 valence electrons. The number of halogens is 1. The van der Waals surface area contributed by atoms with Crippen LogP contribution in [0.1, 0.15) is 37.7 Å². The summed E-state index contributed by atoms with van der Waals surface area (Å²) < 4.78 is 19.0. The fourth-order valence-corrected chi connectivity index (χ4v) is 5.21. The lowest BCUT2D eigenvalue weighted by Gasteiger charge is -2.43. The third kappa shape index (κ3) is 5.14. The third-order valence-corrected chi connectivity index (χ3v) is 6.57. The largest absolute Gasteiger partial charge is 0.385 e. The molecule has 1 aromatic rings. The molecule has 0 spiro atoms. The summed E-state index contributed by atoms with van der Waals surface area (Å²) in [7, 11) is 1.62. The van der Waals surface area contributed by atoms with Gasteiger partial charge in [0, 0.05) is 37.1 Å². The molecule has 1 aromatic carbocycles. The van der Waals surface area contributed by atoms with Gasteiger partial charge in [0.05, 0.1) is 4.91 Å². The number of rotatable bonds is 7. The van der Waals surface area contributed by atoms with Crippen LogP contribution in [0.15, 0.2) is 29.2 Å². The van der Waals surface area contributed by atoms with Gasteiger partial charge in [-0.05, 0) is 31.4 Å². The molecule has 1 aliphatic heterocycles. The number of thioether (sulfide) groups is 1. The summed E-state index contributed by atoms with van der Waals surface area (Å²) in [6.45, 7) is 1.15. The fourth-order valence-electron chi connectivity index (χ4n) is 3.75. The van der Waals surface area contributed by atoms with Crippen LogP contribution in [0.5, 0.6) is 0 Å². The summed E-state index contributed by atoms with van der Waals surface area (Å²) in [5.41, 5.74) is 0.400. The second-order valence-corrected chi connectivity index (χ2v) is 8.45. The Bertz CT molecular complexity index is 740. The number of nitrogens with one attached hydrogen (secondary N) is 1. The molecule has 2 unspecified atom stereocenters. The highest BCUT2D eigenvalue weighted by molar-refractivity contribution is 8.04. The van der Waals surface area contributed by atoms with Crippen molar-refractivity contribution in [1.82, 2.24) is 10.2 Å². The van der Waals surface area contributed by atoms with Gasteiger partial charge in [0.1, 0.15) is 12.4 Å². The van der Waals surface area contributed by atoms with E-state index >= 15 is 0 Å². The van der Waals surface area contributed by atoms with E-state index in [0.717, 1.165) is 32.1 Å². The van der Waals surface area contributed by atoms with Crippen molar-refractivity contribution < 1.29 is 18.7 Å². The molecule has 2 fully saturated rings. The maximum Gasteiger partial charge on any atom is 0.261 e. The van der Waals surface area contributed by atoms with E-state index in [2.05, 4.69) is 5.32 Å². The van der Waals surface area contributed by atoms with Gasteiger partial charge in [0.25, 0.3) is 5.91 Å². The molecule has 3 rings (SSSR count). The van der Waals surface area contributed by atoms with Crippen molar-refractivity contribution in [3.63, 3.8) is 0 Å². The maximum absolute atomic E-state index is 14.1. The molecule has 7 heteroatoms. The van der Waals surface area contributed by atoms with Crippen molar-refractivity contribution >= 4 is 29.7 Å². The first-order valence-corrected chi connectivity index (χ1v) is 10.7. The minimum absolute atomic E-state index is 0.0438. The van der Waals surface area contributed by atoms with Crippen LogP contribution in [0.25, 0.3) is 6.08 Å². The van der Waals surface area contributed by atoms with Gasteiger partial charge in [-0.2, -0.15) is 0 Å². The van der Waals surface area contributed by atoms with Crippen LogP contribution < -0.4 is 5.32 Å². The van der Waals surface area contributed by atoms with Crippen LogP contribution in [0.4, 0.5) is 4.39 Å². The Balaban J connectivity index is 1.75. The predicted octanol–water partition coefficient (Wildman–Crippen LogP) is 3.21. The Hall–Kier alpha value is -1.86. The molecule has 1 saturated carbocycles. The van der Waals surface area contributed by atoms with Crippen LogP contribution >= 0.6 is 11.8 Å². The van der Waals surface area contributed by atoms with E-state index in [4.69, 9.17) is 4.74 Å². The molecule has 0 aromatic heterocycles. The molecule has 0 radical (unpaired) electrons. The quantitative estimate of drug-likeness (QED) is 0.558. The van der Waals surface area contributed by atoms with Crippen LogP contribution in [0.2, 0.25) is 0 Å². The van der Waals surface area contributed by atoms with E-state index in [0.29, 0.717) is 23.6 Å². The summed E-state index contributed by atoms with van der Waals surface area (Å²) >= 11 is 1.54. The number of fused-ring (bicyclic) bond motifs is 1. The van der Waals surface area contributed by atoms with Crippen LogP contribution in [-0.4, -0.2) is 54.8 Å². The second kappa shape index (κ2) is 10.1. The van der Waals surface area contributed by atoms with Crippen molar-refractivity contribution in [2.75, 3.05) is 26.8 Å². The van der Waals surface area contributed by atoms with Crippen molar-refractivity contribution in [2.45, 2.75) is 43.4 Å². The van der Waals surface area contributed by atoms with E-state index in [1.54, 1.807) is 36.3 Å². The lowest BCUT2D eigenvalue weighted by atomic mass is 9.93. The minimum Gasteiger partial charge on any atom is -0.385 e. The lowest BCUT2D eigenvalue weighted by Crippen LogP contribution is -2.54. The molecule has 2 amide bonds. The highest BCUT2D eigenvalue weighted by Crippen LogP contribution is 2.42. The highest BCUT2D eigenvalue weighted by Gasteiger charge is 2.41. The second-order valence-electron chi connectivity index (χ2n) is 7.17. The number of hydrogen-bond donors (Lipinski definition) is 1. The number of carbonyl (C=O) groups excluding carboxylic acids is 2. The molecule has 2 aliphatic rings. The fraction of sp³-hybridized carbons (Fsp3) is 0.524. The summed E-state index contributed by atoms with van der Waals surface area (Å²) in [6.07, 6.45) is 6.45. The maximum atomic E-state index is 14.1. The van der Waals surface area contributed by atoms with Gasteiger partial charge in [-0.15, -0.1) is 11.8 Å². The number of benzene rings is 1. The van der Waals surface area contributed by atoms with Crippen LogP contribution in [0, 0.1) is 5.82 Å². The standard InChI is InChI=1S/C21H27FN2O3S/c1-27-12-6-11-23-20(25)14-24-17-9-4-5-10-18(17)28-19(21(24)26)13-15-7-2-3-8-16(15)22/h2-3,7-8,13,17-18H,4-6,9-12,14H2,1H3,(H,23,25)/b19-13-. The number of amides is 2. The molecule has 5 nitrogen and oxygen atoms in total. The van der Waals surface area contributed by atoms with E-state index < -0.39 is 0 Å². The Kier molecular flexibility index (Phi) is 7.50. The molecule has 1 heterocycles.